The van der Waals surface area contributed by atoms with Crippen molar-refractivity contribution in [2.75, 3.05) is 6.54 Å². The number of carbonyl (C=O) groups excluding carboxylic acids is 1. The van der Waals surface area contributed by atoms with Crippen LogP contribution in [0.25, 0.3) is 0 Å². The molecule has 1 aromatic carbocycles. The molecule has 0 radical (unpaired) electrons. The number of benzene rings is 1. The van der Waals surface area contributed by atoms with Gasteiger partial charge in [-0.25, -0.2) is 4.79 Å². The Balaban J connectivity index is 2.03. The molecule has 0 atom stereocenters. The molecule has 0 aliphatic carbocycles. The van der Waals surface area contributed by atoms with E-state index in [0.29, 0.717) is 12.3 Å². The zero-order valence-corrected chi connectivity index (χ0v) is 16.7. The van der Waals surface area contributed by atoms with Gasteiger partial charge >= 0.3 is 6.09 Å². The number of nitrogens with zero attached hydrogens (tertiary/aromatic N) is 1. The van der Waals surface area contributed by atoms with Crippen LogP contribution in [0.2, 0.25) is 0 Å². The third-order valence-electron chi connectivity index (χ3n) is 5.13. The van der Waals surface area contributed by atoms with Gasteiger partial charge in [0.05, 0.1) is 0 Å². The lowest BCUT2D eigenvalue weighted by Gasteiger charge is -2.23. The molecule has 1 aliphatic rings. The van der Waals surface area contributed by atoms with E-state index in [0.717, 1.165) is 25.0 Å². The van der Waals surface area contributed by atoms with Crippen molar-refractivity contribution in [3.63, 3.8) is 0 Å². The first-order valence-electron chi connectivity index (χ1n) is 10.7. The minimum Gasteiger partial charge on any atom is -0.410 e. The number of amides is 1. The van der Waals surface area contributed by atoms with Crippen LogP contribution in [0.1, 0.15) is 77.0 Å². The van der Waals surface area contributed by atoms with Crippen molar-refractivity contribution in [3.05, 3.63) is 54.8 Å². The SMILES string of the molecule is C=C/C1=C\CCCCCCCCCCCCCN1C(=O)Oc1ccccc1. The van der Waals surface area contributed by atoms with Gasteiger partial charge in [0.25, 0.3) is 0 Å². The van der Waals surface area contributed by atoms with Crippen molar-refractivity contribution in [1.29, 1.82) is 0 Å². The van der Waals surface area contributed by atoms with Gasteiger partial charge in [0.1, 0.15) is 5.75 Å². The summed E-state index contributed by atoms with van der Waals surface area (Å²) in [4.78, 5) is 14.5. The fraction of sp³-hybridized carbons (Fsp3) is 0.542. The summed E-state index contributed by atoms with van der Waals surface area (Å²) in [5, 5.41) is 0. The first kappa shape index (κ1) is 21.3. The summed E-state index contributed by atoms with van der Waals surface area (Å²) in [6.45, 7) is 4.62. The minimum absolute atomic E-state index is 0.312. The number of hydrogen-bond acceptors (Lipinski definition) is 2. The number of carbonyl (C=O) groups is 1. The topological polar surface area (TPSA) is 29.5 Å². The second kappa shape index (κ2) is 13.2. The summed E-state index contributed by atoms with van der Waals surface area (Å²) < 4.78 is 5.59. The van der Waals surface area contributed by atoms with Crippen LogP contribution in [-0.2, 0) is 0 Å². The van der Waals surface area contributed by atoms with Crippen LogP contribution in [0, 0.1) is 0 Å². The lowest BCUT2D eigenvalue weighted by atomic mass is 10.0. The molecule has 3 nitrogen and oxygen atoms in total. The highest BCUT2D eigenvalue weighted by molar-refractivity contribution is 5.73. The van der Waals surface area contributed by atoms with E-state index in [-0.39, 0.29) is 6.09 Å². The molecule has 1 heterocycles. The van der Waals surface area contributed by atoms with Crippen LogP contribution in [0.15, 0.2) is 54.8 Å². The van der Waals surface area contributed by atoms with Crippen LogP contribution in [0.3, 0.4) is 0 Å². The molecule has 0 saturated carbocycles. The molecule has 0 N–H and O–H groups in total. The second-order valence-corrected chi connectivity index (χ2v) is 7.34. The lowest BCUT2D eigenvalue weighted by molar-refractivity contribution is 0.166. The summed E-state index contributed by atoms with van der Waals surface area (Å²) in [6, 6.07) is 9.29. The van der Waals surface area contributed by atoms with E-state index in [9.17, 15) is 4.79 Å². The maximum absolute atomic E-state index is 12.8. The van der Waals surface area contributed by atoms with E-state index in [1.165, 1.54) is 57.8 Å². The Hall–Kier alpha value is -2.03. The molecule has 1 amide bonds. The molecule has 148 valence electrons. The van der Waals surface area contributed by atoms with Gasteiger partial charge in [-0.2, -0.15) is 0 Å². The van der Waals surface area contributed by atoms with Crippen LogP contribution in [-0.4, -0.2) is 17.5 Å². The highest BCUT2D eigenvalue weighted by Crippen LogP contribution is 2.18. The van der Waals surface area contributed by atoms with Gasteiger partial charge in [0, 0.05) is 12.2 Å². The number of allylic oxidation sites excluding steroid dienone is 2. The number of para-hydroxylation sites is 1. The Morgan fingerprint density at radius 1 is 0.852 bits per heavy atom. The molecule has 0 saturated heterocycles. The summed E-state index contributed by atoms with van der Waals surface area (Å²) in [5.74, 6) is 0.582. The van der Waals surface area contributed by atoms with E-state index >= 15 is 0 Å². The predicted molar refractivity (Wildman–Crippen MR) is 113 cm³/mol. The van der Waals surface area contributed by atoms with E-state index in [4.69, 9.17) is 4.74 Å². The Morgan fingerprint density at radius 2 is 1.41 bits per heavy atom. The van der Waals surface area contributed by atoms with Crippen LogP contribution < -0.4 is 4.74 Å². The summed E-state index contributed by atoms with van der Waals surface area (Å²) >= 11 is 0. The molecule has 3 heteroatoms. The van der Waals surface area contributed by atoms with Crippen molar-refractivity contribution in [2.45, 2.75) is 77.0 Å². The van der Waals surface area contributed by atoms with Gasteiger partial charge in [-0.3, -0.25) is 4.90 Å². The van der Waals surface area contributed by atoms with Gasteiger partial charge in [-0.05, 0) is 37.5 Å². The van der Waals surface area contributed by atoms with Crippen LogP contribution in [0.5, 0.6) is 5.75 Å². The molecule has 27 heavy (non-hydrogen) atoms. The van der Waals surface area contributed by atoms with Crippen LogP contribution >= 0.6 is 0 Å². The van der Waals surface area contributed by atoms with Crippen molar-refractivity contribution in [1.82, 2.24) is 4.90 Å². The standard InChI is InChI=1S/C24H35NO2/c1-2-22-18-14-11-9-7-5-3-4-6-8-10-12-17-21-25(22)24(26)27-23-19-15-13-16-20-23/h2,13,15-16,18-20H,1,3-12,14,17,21H2/b22-18+. The average molecular weight is 370 g/mol. The highest BCUT2D eigenvalue weighted by atomic mass is 16.6. The van der Waals surface area contributed by atoms with Gasteiger partial charge < -0.3 is 4.74 Å². The highest BCUT2D eigenvalue weighted by Gasteiger charge is 2.18. The van der Waals surface area contributed by atoms with Crippen molar-refractivity contribution >= 4 is 6.09 Å². The molecule has 1 aromatic rings. The van der Waals surface area contributed by atoms with E-state index in [1.807, 2.05) is 30.3 Å². The van der Waals surface area contributed by atoms with Crippen LogP contribution in [0.4, 0.5) is 4.79 Å². The number of ether oxygens (including phenoxy) is 1. The minimum atomic E-state index is -0.312. The van der Waals surface area contributed by atoms with Gasteiger partial charge in [-0.15, -0.1) is 0 Å². The average Bonchev–Trinajstić information content (AvgIpc) is 2.68. The Labute approximate surface area is 165 Å². The third-order valence-corrected chi connectivity index (χ3v) is 5.13. The third kappa shape index (κ3) is 8.47. The lowest BCUT2D eigenvalue weighted by Crippen LogP contribution is -2.33. The fourth-order valence-electron chi connectivity index (χ4n) is 3.53. The maximum Gasteiger partial charge on any atom is 0.419 e. The van der Waals surface area contributed by atoms with E-state index in [1.54, 1.807) is 11.0 Å². The summed E-state index contributed by atoms with van der Waals surface area (Å²) in [6.07, 6.45) is 18.5. The van der Waals surface area contributed by atoms with Gasteiger partial charge in [-0.1, -0.05) is 88.6 Å². The summed E-state index contributed by atoms with van der Waals surface area (Å²) in [5.41, 5.74) is 0.878. The predicted octanol–water partition coefficient (Wildman–Crippen LogP) is 7.25. The van der Waals surface area contributed by atoms with E-state index < -0.39 is 0 Å². The molecular formula is C24H35NO2. The zero-order valence-electron chi connectivity index (χ0n) is 16.7. The molecule has 0 bridgehead atoms. The molecule has 0 spiro atoms. The number of hydrogen-bond donors (Lipinski definition) is 0. The van der Waals surface area contributed by atoms with Crippen molar-refractivity contribution in [3.8, 4) is 5.75 Å². The zero-order chi connectivity index (χ0) is 19.2. The Kier molecular flexibility index (Phi) is 10.4. The smallest absolute Gasteiger partial charge is 0.410 e. The molecule has 2 rings (SSSR count). The van der Waals surface area contributed by atoms with Crippen molar-refractivity contribution in [2.24, 2.45) is 0 Å². The Morgan fingerprint density at radius 3 is 2.00 bits per heavy atom. The monoisotopic (exact) mass is 369 g/mol. The fourth-order valence-corrected chi connectivity index (χ4v) is 3.53. The first-order chi connectivity index (χ1) is 13.3. The molecular weight excluding hydrogens is 334 g/mol. The quantitative estimate of drug-likeness (QED) is 0.549. The normalized spacial score (nSPS) is 20.3. The number of rotatable bonds is 2. The molecule has 1 aliphatic heterocycles. The first-order valence-corrected chi connectivity index (χ1v) is 10.7. The molecule has 0 unspecified atom stereocenters. The maximum atomic E-state index is 12.8. The van der Waals surface area contributed by atoms with Crippen molar-refractivity contribution < 1.29 is 9.53 Å². The van der Waals surface area contributed by atoms with Gasteiger partial charge in [0.15, 0.2) is 0 Å². The van der Waals surface area contributed by atoms with E-state index in [2.05, 4.69) is 12.7 Å². The largest absolute Gasteiger partial charge is 0.419 e. The Bertz CT molecular complexity index is 579. The second-order valence-electron chi connectivity index (χ2n) is 7.34. The van der Waals surface area contributed by atoms with Gasteiger partial charge in [0.2, 0.25) is 0 Å². The summed E-state index contributed by atoms with van der Waals surface area (Å²) in [7, 11) is 0. The molecule has 0 aromatic heterocycles. The molecule has 0 fully saturated rings.